The summed E-state index contributed by atoms with van der Waals surface area (Å²) in [4.78, 5) is 26.0. The molecule has 1 atom stereocenters. The van der Waals surface area contributed by atoms with Crippen molar-refractivity contribution >= 4 is 11.9 Å². The maximum Gasteiger partial charge on any atom is 0.338 e. The van der Waals surface area contributed by atoms with Crippen molar-refractivity contribution in [2.24, 2.45) is 0 Å². The van der Waals surface area contributed by atoms with Gasteiger partial charge in [0.1, 0.15) is 0 Å². The second kappa shape index (κ2) is 7.22. The van der Waals surface area contributed by atoms with Gasteiger partial charge in [0.05, 0.1) is 12.2 Å². The maximum atomic E-state index is 12.1. The lowest BCUT2D eigenvalue weighted by molar-refractivity contribution is -0.138. The predicted molar refractivity (Wildman–Crippen MR) is 77.8 cm³/mol. The molecule has 0 N–H and O–H groups in total. The van der Waals surface area contributed by atoms with E-state index in [1.807, 2.05) is 6.07 Å². The third-order valence-corrected chi connectivity index (χ3v) is 3.52. The molecule has 1 aliphatic heterocycles. The van der Waals surface area contributed by atoms with E-state index >= 15 is 0 Å². The number of amides is 1. The van der Waals surface area contributed by atoms with Gasteiger partial charge in [-0.1, -0.05) is 12.1 Å². The van der Waals surface area contributed by atoms with Crippen LogP contribution in [-0.4, -0.2) is 43.1 Å². The van der Waals surface area contributed by atoms with Crippen LogP contribution < -0.4 is 0 Å². The first kappa shape index (κ1) is 15.5. The lowest BCUT2D eigenvalue weighted by Crippen LogP contribution is -2.38. The fraction of sp³-hybridized carbons (Fsp3) is 0.500. The van der Waals surface area contributed by atoms with Crippen molar-refractivity contribution in [3.63, 3.8) is 0 Å². The van der Waals surface area contributed by atoms with E-state index in [0.717, 1.165) is 31.5 Å². The molecular formula is C16H21NO4. The van der Waals surface area contributed by atoms with Gasteiger partial charge in [-0.05, 0) is 37.5 Å². The average Bonchev–Trinajstić information content (AvgIpc) is 3.01. The molecule has 1 amide bonds. The zero-order valence-electron chi connectivity index (χ0n) is 12.5. The van der Waals surface area contributed by atoms with E-state index in [0.29, 0.717) is 12.2 Å². The van der Waals surface area contributed by atoms with Crippen LogP contribution in [0.1, 0.15) is 35.7 Å². The maximum absolute atomic E-state index is 12.1. The number of rotatable bonds is 5. The SMILES string of the molecule is COCc1cccc(C(=O)OC(C)C(=O)N2CCCC2)c1. The minimum Gasteiger partial charge on any atom is -0.449 e. The number of hydrogen-bond acceptors (Lipinski definition) is 4. The molecule has 5 heteroatoms. The zero-order chi connectivity index (χ0) is 15.2. The standard InChI is InChI=1S/C16H21NO4/c1-12(15(18)17-8-3-4-9-17)21-16(19)14-7-5-6-13(10-14)11-20-2/h5-7,10,12H,3-4,8-9,11H2,1-2H3. The van der Waals surface area contributed by atoms with Gasteiger partial charge in [-0.2, -0.15) is 0 Å². The number of carbonyl (C=O) groups is 2. The number of hydrogen-bond donors (Lipinski definition) is 0. The topological polar surface area (TPSA) is 55.8 Å². The van der Waals surface area contributed by atoms with Crippen molar-refractivity contribution in [2.75, 3.05) is 20.2 Å². The molecule has 114 valence electrons. The van der Waals surface area contributed by atoms with Crippen molar-refractivity contribution in [2.45, 2.75) is 32.5 Å². The quantitative estimate of drug-likeness (QED) is 0.779. The van der Waals surface area contributed by atoms with E-state index in [1.54, 1.807) is 37.1 Å². The Morgan fingerprint density at radius 3 is 2.67 bits per heavy atom. The summed E-state index contributed by atoms with van der Waals surface area (Å²) in [6, 6.07) is 7.05. The molecule has 1 unspecified atom stereocenters. The van der Waals surface area contributed by atoms with Gasteiger partial charge in [0, 0.05) is 20.2 Å². The summed E-state index contributed by atoms with van der Waals surface area (Å²) in [5, 5.41) is 0. The largest absolute Gasteiger partial charge is 0.449 e. The fourth-order valence-electron chi connectivity index (χ4n) is 2.43. The van der Waals surface area contributed by atoms with Crippen LogP contribution in [-0.2, 0) is 20.9 Å². The second-order valence-corrected chi connectivity index (χ2v) is 5.21. The van der Waals surface area contributed by atoms with Gasteiger partial charge in [-0.3, -0.25) is 4.79 Å². The third-order valence-electron chi connectivity index (χ3n) is 3.52. The van der Waals surface area contributed by atoms with Crippen molar-refractivity contribution in [3.8, 4) is 0 Å². The van der Waals surface area contributed by atoms with Crippen LogP contribution in [0.2, 0.25) is 0 Å². The molecule has 0 radical (unpaired) electrons. The molecule has 1 heterocycles. The summed E-state index contributed by atoms with van der Waals surface area (Å²) in [6.07, 6.45) is 1.29. The fourth-order valence-corrected chi connectivity index (χ4v) is 2.43. The Bertz CT molecular complexity index is 509. The first-order chi connectivity index (χ1) is 10.1. The summed E-state index contributed by atoms with van der Waals surface area (Å²) in [5.41, 5.74) is 1.33. The molecule has 1 aliphatic rings. The molecule has 1 aromatic carbocycles. The normalized spacial score (nSPS) is 15.8. The molecule has 0 aromatic heterocycles. The highest BCUT2D eigenvalue weighted by Gasteiger charge is 2.26. The summed E-state index contributed by atoms with van der Waals surface area (Å²) in [6.45, 7) is 3.56. The molecule has 0 spiro atoms. The molecule has 1 saturated heterocycles. The zero-order valence-corrected chi connectivity index (χ0v) is 12.5. The average molecular weight is 291 g/mol. The van der Waals surface area contributed by atoms with Gasteiger partial charge < -0.3 is 14.4 Å². The van der Waals surface area contributed by atoms with Crippen LogP contribution in [0.25, 0.3) is 0 Å². The molecule has 0 bridgehead atoms. The summed E-state index contributed by atoms with van der Waals surface area (Å²) < 4.78 is 10.3. The Morgan fingerprint density at radius 2 is 2.00 bits per heavy atom. The van der Waals surface area contributed by atoms with E-state index in [2.05, 4.69) is 0 Å². The van der Waals surface area contributed by atoms with Crippen molar-refractivity contribution < 1.29 is 19.1 Å². The monoisotopic (exact) mass is 291 g/mol. The Kier molecular flexibility index (Phi) is 5.33. The molecule has 1 aromatic rings. The smallest absolute Gasteiger partial charge is 0.338 e. The highest BCUT2D eigenvalue weighted by molar-refractivity contribution is 5.92. The van der Waals surface area contributed by atoms with Crippen LogP contribution in [0, 0.1) is 0 Å². The lowest BCUT2D eigenvalue weighted by Gasteiger charge is -2.20. The number of esters is 1. The van der Waals surface area contributed by atoms with E-state index < -0.39 is 12.1 Å². The Morgan fingerprint density at radius 1 is 1.29 bits per heavy atom. The van der Waals surface area contributed by atoms with Gasteiger partial charge in [-0.15, -0.1) is 0 Å². The minimum atomic E-state index is -0.748. The van der Waals surface area contributed by atoms with Crippen molar-refractivity contribution in [3.05, 3.63) is 35.4 Å². The molecular weight excluding hydrogens is 270 g/mol. The minimum absolute atomic E-state index is 0.117. The van der Waals surface area contributed by atoms with Crippen LogP contribution in [0.15, 0.2) is 24.3 Å². The summed E-state index contributed by atoms with van der Waals surface area (Å²) in [5.74, 6) is -0.595. The number of ether oxygens (including phenoxy) is 2. The van der Waals surface area contributed by atoms with Crippen LogP contribution in [0.5, 0.6) is 0 Å². The van der Waals surface area contributed by atoms with Gasteiger partial charge >= 0.3 is 5.97 Å². The van der Waals surface area contributed by atoms with Crippen LogP contribution in [0.3, 0.4) is 0 Å². The van der Waals surface area contributed by atoms with Gasteiger partial charge in [0.2, 0.25) is 0 Å². The van der Waals surface area contributed by atoms with E-state index in [9.17, 15) is 9.59 Å². The van der Waals surface area contributed by atoms with E-state index in [-0.39, 0.29) is 5.91 Å². The van der Waals surface area contributed by atoms with Gasteiger partial charge in [-0.25, -0.2) is 4.79 Å². The summed E-state index contributed by atoms with van der Waals surface area (Å²) >= 11 is 0. The van der Waals surface area contributed by atoms with Gasteiger partial charge in [0.25, 0.3) is 5.91 Å². The first-order valence-corrected chi connectivity index (χ1v) is 7.19. The van der Waals surface area contributed by atoms with Crippen LogP contribution >= 0.6 is 0 Å². The highest BCUT2D eigenvalue weighted by Crippen LogP contribution is 2.13. The molecule has 21 heavy (non-hydrogen) atoms. The summed E-state index contributed by atoms with van der Waals surface area (Å²) in [7, 11) is 1.60. The molecule has 0 saturated carbocycles. The number of carbonyl (C=O) groups excluding carboxylic acids is 2. The number of likely N-dealkylation sites (tertiary alicyclic amines) is 1. The Balaban J connectivity index is 1.96. The molecule has 2 rings (SSSR count). The molecule has 1 fully saturated rings. The Labute approximate surface area is 124 Å². The third kappa shape index (κ3) is 4.04. The lowest BCUT2D eigenvalue weighted by atomic mass is 10.1. The number of benzene rings is 1. The van der Waals surface area contributed by atoms with E-state index in [1.165, 1.54) is 0 Å². The van der Waals surface area contributed by atoms with E-state index in [4.69, 9.17) is 9.47 Å². The van der Waals surface area contributed by atoms with Gasteiger partial charge in [0.15, 0.2) is 6.10 Å². The predicted octanol–water partition coefficient (Wildman–Crippen LogP) is 2.00. The first-order valence-electron chi connectivity index (χ1n) is 7.19. The number of methoxy groups -OCH3 is 1. The van der Waals surface area contributed by atoms with Crippen molar-refractivity contribution in [1.82, 2.24) is 4.90 Å². The second-order valence-electron chi connectivity index (χ2n) is 5.21. The Hall–Kier alpha value is -1.88. The van der Waals surface area contributed by atoms with Crippen LogP contribution in [0.4, 0.5) is 0 Å². The van der Waals surface area contributed by atoms with Crippen molar-refractivity contribution in [1.29, 1.82) is 0 Å². The highest BCUT2D eigenvalue weighted by atomic mass is 16.5. The number of nitrogens with zero attached hydrogens (tertiary/aromatic N) is 1. The molecule has 0 aliphatic carbocycles. The molecule has 5 nitrogen and oxygen atoms in total.